The van der Waals surface area contributed by atoms with Crippen LogP contribution in [-0.4, -0.2) is 33.7 Å². The van der Waals surface area contributed by atoms with Gasteiger partial charge in [0.05, 0.1) is 5.70 Å². The van der Waals surface area contributed by atoms with Crippen molar-refractivity contribution >= 4 is 29.3 Å². The molecule has 0 radical (unpaired) electrons. The zero-order valence-electron chi connectivity index (χ0n) is 8.80. The van der Waals surface area contributed by atoms with Crippen molar-refractivity contribution in [1.82, 2.24) is 5.32 Å². The summed E-state index contributed by atoms with van der Waals surface area (Å²) in [4.78, 5) is 26.1. The first-order chi connectivity index (χ1) is 7.60. The molecule has 0 aromatic heterocycles. The van der Waals surface area contributed by atoms with Crippen LogP contribution in [0.15, 0.2) is 28.9 Å². The van der Waals surface area contributed by atoms with Gasteiger partial charge in [-0.25, -0.2) is 0 Å². The van der Waals surface area contributed by atoms with Gasteiger partial charge in [-0.2, -0.15) is 0 Å². The average molecular weight is 240 g/mol. The quantitative estimate of drug-likeness (QED) is 0.426. The highest BCUT2D eigenvalue weighted by molar-refractivity contribution is 7.87. The van der Waals surface area contributed by atoms with Crippen molar-refractivity contribution in [2.45, 2.75) is 12.2 Å². The van der Waals surface area contributed by atoms with E-state index in [9.17, 15) is 13.8 Å². The molecule has 0 spiro atoms. The fraction of sp³-hybridized carbons (Fsp3) is 0.300. The monoisotopic (exact) mass is 240 g/mol. The largest absolute Gasteiger partial charge is 0.294 e. The SMILES string of the molecule is C=N/C(=C\C=C/C)C1C(=O)NC(=O)CS1=O. The third-order valence-electron chi connectivity index (χ3n) is 1.95. The second-order valence-electron chi connectivity index (χ2n) is 3.09. The van der Waals surface area contributed by atoms with E-state index in [0.717, 1.165) is 0 Å². The van der Waals surface area contributed by atoms with Crippen molar-refractivity contribution in [2.75, 3.05) is 5.75 Å². The van der Waals surface area contributed by atoms with Crippen molar-refractivity contribution in [3.8, 4) is 0 Å². The van der Waals surface area contributed by atoms with Crippen LogP contribution in [-0.2, 0) is 20.4 Å². The molecule has 2 atom stereocenters. The smallest absolute Gasteiger partial charge is 0.248 e. The zero-order chi connectivity index (χ0) is 12.1. The molecular weight excluding hydrogens is 228 g/mol. The maximum absolute atomic E-state index is 11.7. The number of carbonyl (C=O) groups excluding carboxylic acids is 2. The van der Waals surface area contributed by atoms with Crippen molar-refractivity contribution < 1.29 is 13.8 Å². The zero-order valence-corrected chi connectivity index (χ0v) is 9.62. The van der Waals surface area contributed by atoms with E-state index in [1.165, 1.54) is 0 Å². The van der Waals surface area contributed by atoms with Gasteiger partial charge in [0.15, 0.2) is 5.25 Å². The number of imide groups is 1. The second-order valence-corrected chi connectivity index (χ2v) is 4.61. The van der Waals surface area contributed by atoms with E-state index in [-0.39, 0.29) is 5.75 Å². The third kappa shape index (κ3) is 2.73. The molecule has 1 aliphatic rings. The van der Waals surface area contributed by atoms with Crippen molar-refractivity contribution in [1.29, 1.82) is 0 Å². The predicted octanol–water partition coefficient (Wildman–Crippen LogP) is -0.0793. The van der Waals surface area contributed by atoms with Gasteiger partial charge in [-0.3, -0.25) is 24.1 Å². The molecule has 0 aromatic rings. The van der Waals surface area contributed by atoms with Gasteiger partial charge < -0.3 is 0 Å². The molecule has 1 fully saturated rings. The van der Waals surface area contributed by atoms with Crippen LogP contribution >= 0.6 is 0 Å². The number of carbonyl (C=O) groups is 2. The fourth-order valence-corrected chi connectivity index (χ4v) is 2.48. The fourth-order valence-electron chi connectivity index (χ4n) is 1.26. The van der Waals surface area contributed by atoms with Gasteiger partial charge in [-0.1, -0.05) is 12.2 Å². The molecule has 1 aliphatic heterocycles. The molecule has 0 aromatic carbocycles. The molecule has 0 bridgehead atoms. The van der Waals surface area contributed by atoms with Crippen LogP contribution in [0.1, 0.15) is 6.92 Å². The van der Waals surface area contributed by atoms with Gasteiger partial charge in [-0.05, 0) is 19.7 Å². The summed E-state index contributed by atoms with van der Waals surface area (Å²) in [5.41, 5.74) is 0.307. The minimum atomic E-state index is -1.57. The highest BCUT2D eigenvalue weighted by Crippen LogP contribution is 2.15. The lowest BCUT2D eigenvalue weighted by Gasteiger charge is -2.20. The van der Waals surface area contributed by atoms with Crippen LogP contribution in [0.3, 0.4) is 0 Å². The van der Waals surface area contributed by atoms with Gasteiger partial charge in [-0.15, -0.1) is 0 Å². The first kappa shape index (κ1) is 12.5. The van der Waals surface area contributed by atoms with E-state index in [0.29, 0.717) is 5.70 Å². The van der Waals surface area contributed by atoms with Gasteiger partial charge >= 0.3 is 0 Å². The number of hydrogen-bond donors (Lipinski definition) is 1. The molecule has 2 amide bonds. The predicted molar refractivity (Wildman–Crippen MR) is 62.4 cm³/mol. The van der Waals surface area contributed by atoms with Crippen molar-refractivity contribution in [2.24, 2.45) is 4.99 Å². The number of nitrogens with one attached hydrogen (secondary N) is 1. The molecular formula is C10H12N2O3S. The maximum Gasteiger partial charge on any atom is 0.248 e. The number of allylic oxidation sites excluding steroid dienone is 3. The number of nitrogens with zero attached hydrogens (tertiary/aromatic N) is 1. The minimum absolute atomic E-state index is 0.181. The standard InChI is InChI=1S/C10H12N2O3S/c1-3-4-5-7(11-2)9-10(14)12-8(13)6-16(9)15/h3-5,9H,2,6H2,1H3,(H,12,13,14)/b4-3-,7-5-. The summed E-state index contributed by atoms with van der Waals surface area (Å²) in [7, 11) is -1.57. The summed E-state index contributed by atoms with van der Waals surface area (Å²) in [5, 5.41) is 1.22. The van der Waals surface area contributed by atoms with Crippen molar-refractivity contribution in [3.63, 3.8) is 0 Å². The Morgan fingerprint density at radius 2 is 2.31 bits per heavy atom. The van der Waals surface area contributed by atoms with Gasteiger partial charge in [0.2, 0.25) is 11.8 Å². The van der Waals surface area contributed by atoms with E-state index in [4.69, 9.17) is 0 Å². The minimum Gasteiger partial charge on any atom is -0.294 e. The molecule has 1 rings (SSSR count). The Hall–Kier alpha value is -1.56. The normalized spacial score (nSPS) is 26.9. The van der Waals surface area contributed by atoms with Crippen LogP contribution in [0.4, 0.5) is 0 Å². The van der Waals surface area contributed by atoms with Crippen LogP contribution in [0, 0.1) is 0 Å². The Balaban J connectivity index is 3.01. The molecule has 0 aliphatic carbocycles. The molecule has 0 saturated carbocycles. The van der Waals surface area contributed by atoms with Crippen molar-refractivity contribution in [3.05, 3.63) is 23.9 Å². The second kappa shape index (κ2) is 5.50. The molecule has 1 saturated heterocycles. The summed E-state index contributed by atoms with van der Waals surface area (Å²) in [6.45, 7) is 5.13. The lowest BCUT2D eigenvalue weighted by Crippen LogP contribution is -2.50. The molecule has 1 N–H and O–H groups in total. The van der Waals surface area contributed by atoms with E-state index in [1.807, 2.05) is 0 Å². The molecule has 86 valence electrons. The number of aliphatic imine (C=N–C) groups is 1. The maximum atomic E-state index is 11.7. The first-order valence-corrected chi connectivity index (χ1v) is 5.98. The third-order valence-corrected chi connectivity index (χ3v) is 3.48. The molecule has 5 nitrogen and oxygen atoms in total. The summed E-state index contributed by atoms with van der Waals surface area (Å²) in [6, 6.07) is 0. The van der Waals surface area contributed by atoms with Crippen LogP contribution in [0.25, 0.3) is 0 Å². The average Bonchev–Trinajstić information content (AvgIpc) is 2.21. The van der Waals surface area contributed by atoms with Crippen LogP contribution in [0.2, 0.25) is 0 Å². The van der Waals surface area contributed by atoms with E-state index in [1.54, 1.807) is 25.2 Å². The Bertz CT molecular complexity index is 392. The highest BCUT2D eigenvalue weighted by atomic mass is 32.2. The Labute approximate surface area is 95.8 Å². The lowest BCUT2D eigenvalue weighted by atomic mass is 10.2. The van der Waals surface area contributed by atoms with Gasteiger partial charge in [0.1, 0.15) is 5.75 Å². The van der Waals surface area contributed by atoms with Crippen LogP contribution in [0.5, 0.6) is 0 Å². The number of amides is 2. The molecule has 16 heavy (non-hydrogen) atoms. The van der Waals surface area contributed by atoms with E-state index in [2.05, 4.69) is 17.0 Å². The van der Waals surface area contributed by atoms with Gasteiger partial charge in [0, 0.05) is 10.8 Å². The lowest BCUT2D eigenvalue weighted by molar-refractivity contribution is -0.129. The number of hydrogen-bond acceptors (Lipinski definition) is 4. The Kier molecular flexibility index (Phi) is 4.30. The van der Waals surface area contributed by atoms with E-state index >= 15 is 0 Å². The van der Waals surface area contributed by atoms with E-state index < -0.39 is 27.9 Å². The number of rotatable bonds is 3. The summed E-state index contributed by atoms with van der Waals surface area (Å²) < 4.78 is 11.7. The highest BCUT2D eigenvalue weighted by Gasteiger charge is 2.35. The Morgan fingerprint density at radius 3 is 2.81 bits per heavy atom. The molecule has 1 heterocycles. The summed E-state index contributed by atoms with van der Waals surface area (Å²) in [6.07, 6.45) is 4.98. The molecule has 2 unspecified atom stereocenters. The summed E-state index contributed by atoms with van der Waals surface area (Å²) in [5.74, 6) is -1.29. The molecule has 6 heteroatoms. The van der Waals surface area contributed by atoms with Crippen LogP contribution < -0.4 is 5.32 Å². The Morgan fingerprint density at radius 1 is 1.62 bits per heavy atom. The van der Waals surface area contributed by atoms with Gasteiger partial charge in [0.25, 0.3) is 0 Å². The summed E-state index contributed by atoms with van der Waals surface area (Å²) >= 11 is 0. The topological polar surface area (TPSA) is 75.6 Å². The first-order valence-electron chi connectivity index (χ1n) is 4.60.